The van der Waals surface area contributed by atoms with E-state index in [4.69, 9.17) is 0 Å². The van der Waals surface area contributed by atoms with Gasteiger partial charge in [-0.05, 0) is 56.2 Å². The second kappa shape index (κ2) is 5.23. The van der Waals surface area contributed by atoms with E-state index >= 15 is 0 Å². The molecule has 0 saturated carbocycles. The first-order valence-corrected chi connectivity index (χ1v) is 7.62. The molecule has 4 heteroatoms. The first-order chi connectivity index (χ1) is 10.8. The molecular formula is C19H20N2O2. The van der Waals surface area contributed by atoms with Gasteiger partial charge in [0.1, 0.15) is 0 Å². The van der Waals surface area contributed by atoms with E-state index in [2.05, 4.69) is 5.32 Å². The highest BCUT2D eigenvalue weighted by atomic mass is 16.2. The van der Waals surface area contributed by atoms with E-state index in [1.54, 1.807) is 24.1 Å². The van der Waals surface area contributed by atoms with Crippen LogP contribution in [0.3, 0.4) is 0 Å². The lowest BCUT2D eigenvalue weighted by atomic mass is 9.85. The molecule has 2 aromatic carbocycles. The Morgan fingerprint density at radius 3 is 2.43 bits per heavy atom. The van der Waals surface area contributed by atoms with Crippen molar-refractivity contribution >= 4 is 23.2 Å². The number of fused-ring (bicyclic) bond motifs is 1. The summed E-state index contributed by atoms with van der Waals surface area (Å²) in [6.07, 6.45) is 0. The zero-order chi connectivity index (χ0) is 16.8. The number of nitrogens with zero attached hydrogens (tertiary/aromatic N) is 1. The van der Waals surface area contributed by atoms with E-state index in [-0.39, 0.29) is 11.8 Å². The van der Waals surface area contributed by atoms with Crippen LogP contribution in [0, 0.1) is 6.92 Å². The summed E-state index contributed by atoms with van der Waals surface area (Å²) in [7, 11) is 1.80. The van der Waals surface area contributed by atoms with Crippen LogP contribution >= 0.6 is 0 Å². The summed E-state index contributed by atoms with van der Waals surface area (Å²) in [5.41, 5.74) is 3.62. The quantitative estimate of drug-likeness (QED) is 0.923. The number of aryl methyl sites for hydroxylation is 1. The number of carbonyl (C=O) groups excluding carboxylic acids is 2. The smallest absolute Gasteiger partial charge is 0.255 e. The summed E-state index contributed by atoms with van der Waals surface area (Å²) in [5, 5.41) is 2.93. The largest absolute Gasteiger partial charge is 0.322 e. The third kappa shape index (κ3) is 2.40. The molecule has 0 unspecified atom stereocenters. The highest BCUT2D eigenvalue weighted by Crippen LogP contribution is 2.44. The van der Waals surface area contributed by atoms with Gasteiger partial charge in [-0.15, -0.1) is 0 Å². The summed E-state index contributed by atoms with van der Waals surface area (Å²) < 4.78 is 0. The molecule has 1 aliphatic rings. The first kappa shape index (κ1) is 15.3. The number of benzene rings is 2. The third-order valence-corrected chi connectivity index (χ3v) is 4.44. The van der Waals surface area contributed by atoms with Gasteiger partial charge in [-0.25, -0.2) is 0 Å². The van der Waals surface area contributed by atoms with E-state index < -0.39 is 5.41 Å². The number of amides is 2. The normalized spacial score (nSPS) is 15.5. The Morgan fingerprint density at radius 2 is 1.78 bits per heavy atom. The summed E-state index contributed by atoms with van der Waals surface area (Å²) in [4.78, 5) is 26.5. The monoisotopic (exact) mass is 308 g/mol. The van der Waals surface area contributed by atoms with Gasteiger partial charge in [0.15, 0.2) is 0 Å². The molecule has 118 valence electrons. The predicted molar refractivity (Wildman–Crippen MR) is 92.0 cm³/mol. The van der Waals surface area contributed by atoms with Crippen molar-refractivity contribution in [3.8, 4) is 0 Å². The Bertz CT molecular complexity index is 795. The van der Waals surface area contributed by atoms with Gasteiger partial charge in [-0.1, -0.05) is 18.2 Å². The van der Waals surface area contributed by atoms with E-state index in [9.17, 15) is 9.59 Å². The summed E-state index contributed by atoms with van der Waals surface area (Å²) in [5.74, 6) is -0.0810. The number of anilines is 2. The van der Waals surface area contributed by atoms with Crippen LogP contribution in [0.1, 0.15) is 35.3 Å². The zero-order valence-corrected chi connectivity index (χ0v) is 13.8. The van der Waals surface area contributed by atoms with Crippen molar-refractivity contribution in [1.82, 2.24) is 0 Å². The van der Waals surface area contributed by atoms with Crippen LogP contribution in [-0.2, 0) is 10.2 Å². The average molecular weight is 308 g/mol. The Hall–Kier alpha value is -2.62. The Balaban J connectivity index is 1.98. The average Bonchev–Trinajstić information content (AvgIpc) is 2.69. The van der Waals surface area contributed by atoms with Crippen LogP contribution in [0.5, 0.6) is 0 Å². The van der Waals surface area contributed by atoms with Gasteiger partial charge in [0, 0.05) is 18.3 Å². The molecule has 4 nitrogen and oxygen atoms in total. The highest BCUT2D eigenvalue weighted by molar-refractivity contribution is 6.09. The second-order valence-electron chi connectivity index (χ2n) is 6.50. The van der Waals surface area contributed by atoms with Crippen molar-refractivity contribution in [3.63, 3.8) is 0 Å². The van der Waals surface area contributed by atoms with Crippen LogP contribution < -0.4 is 10.2 Å². The van der Waals surface area contributed by atoms with Crippen LogP contribution in [0.25, 0.3) is 0 Å². The fourth-order valence-electron chi connectivity index (χ4n) is 3.20. The summed E-state index contributed by atoms with van der Waals surface area (Å²) in [6, 6.07) is 12.9. The second-order valence-corrected chi connectivity index (χ2v) is 6.50. The lowest BCUT2D eigenvalue weighted by Gasteiger charge is -2.17. The van der Waals surface area contributed by atoms with Gasteiger partial charge in [0.2, 0.25) is 5.91 Å². The minimum absolute atomic E-state index is 0.0714. The molecule has 0 saturated heterocycles. The van der Waals surface area contributed by atoms with Crippen LogP contribution in [0.4, 0.5) is 11.4 Å². The summed E-state index contributed by atoms with van der Waals surface area (Å²) >= 11 is 0. The third-order valence-electron chi connectivity index (χ3n) is 4.44. The Morgan fingerprint density at radius 1 is 1.13 bits per heavy atom. The number of nitrogens with one attached hydrogen (secondary N) is 1. The van der Waals surface area contributed by atoms with Gasteiger partial charge in [0.05, 0.1) is 11.1 Å². The van der Waals surface area contributed by atoms with Gasteiger partial charge in [-0.3, -0.25) is 9.59 Å². The van der Waals surface area contributed by atoms with E-state index in [0.29, 0.717) is 11.3 Å². The van der Waals surface area contributed by atoms with E-state index in [1.807, 2.05) is 51.1 Å². The van der Waals surface area contributed by atoms with Crippen LogP contribution in [0.2, 0.25) is 0 Å². The van der Waals surface area contributed by atoms with Crippen molar-refractivity contribution in [2.24, 2.45) is 0 Å². The lowest BCUT2D eigenvalue weighted by Crippen LogP contribution is -2.33. The van der Waals surface area contributed by atoms with Crippen molar-refractivity contribution in [2.45, 2.75) is 26.2 Å². The maximum atomic E-state index is 12.4. The maximum absolute atomic E-state index is 12.4. The topological polar surface area (TPSA) is 49.4 Å². The molecule has 23 heavy (non-hydrogen) atoms. The molecule has 3 rings (SSSR count). The maximum Gasteiger partial charge on any atom is 0.255 e. The first-order valence-electron chi connectivity index (χ1n) is 7.62. The molecule has 2 amide bonds. The van der Waals surface area contributed by atoms with Crippen molar-refractivity contribution in [2.75, 3.05) is 17.3 Å². The van der Waals surface area contributed by atoms with Gasteiger partial charge < -0.3 is 10.2 Å². The molecule has 1 heterocycles. The molecule has 0 bridgehead atoms. The van der Waals surface area contributed by atoms with E-state index in [0.717, 1.165) is 16.8 Å². The fraction of sp³-hybridized carbons (Fsp3) is 0.263. The minimum atomic E-state index is -0.581. The molecule has 0 radical (unpaired) electrons. The molecule has 0 spiro atoms. The molecule has 1 aliphatic heterocycles. The number of rotatable bonds is 2. The highest BCUT2D eigenvalue weighted by Gasteiger charge is 2.43. The Kier molecular flexibility index (Phi) is 3.48. The number of likely N-dealkylation sites (N-methyl/N-ethyl adjacent to an activating group) is 1. The SMILES string of the molecule is Cc1cc(NC(=O)c2ccccc2)cc2c1N(C)C(=O)C2(C)C. The van der Waals surface area contributed by atoms with Crippen LogP contribution in [-0.4, -0.2) is 18.9 Å². The van der Waals surface area contributed by atoms with Crippen molar-refractivity contribution < 1.29 is 9.59 Å². The van der Waals surface area contributed by atoms with Gasteiger partial charge in [0.25, 0.3) is 5.91 Å². The molecular weight excluding hydrogens is 288 g/mol. The molecule has 2 aromatic rings. The number of hydrogen-bond acceptors (Lipinski definition) is 2. The zero-order valence-electron chi connectivity index (χ0n) is 13.8. The fourth-order valence-corrected chi connectivity index (χ4v) is 3.20. The van der Waals surface area contributed by atoms with Crippen molar-refractivity contribution in [3.05, 3.63) is 59.2 Å². The molecule has 1 N–H and O–H groups in total. The predicted octanol–water partition coefficient (Wildman–Crippen LogP) is 3.50. The summed E-state index contributed by atoms with van der Waals surface area (Å²) in [6.45, 7) is 5.79. The number of carbonyl (C=O) groups is 2. The van der Waals surface area contributed by atoms with Gasteiger partial charge in [-0.2, -0.15) is 0 Å². The van der Waals surface area contributed by atoms with Crippen molar-refractivity contribution in [1.29, 1.82) is 0 Å². The van der Waals surface area contributed by atoms with Crippen LogP contribution in [0.15, 0.2) is 42.5 Å². The Labute approximate surface area is 136 Å². The lowest BCUT2D eigenvalue weighted by molar-refractivity contribution is -0.121. The minimum Gasteiger partial charge on any atom is -0.322 e. The molecule has 0 atom stereocenters. The molecule has 0 aromatic heterocycles. The van der Waals surface area contributed by atoms with Gasteiger partial charge >= 0.3 is 0 Å². The standard InChI is InChI=1S/C19H20N2O2/c1-12-10-14(20-17(22)13-8-6-5-7-9-13)11-15-16(12)21(4)18(23)19(15,2)3/h5-11H,1-4H3,(H,20,22). The molecule has 0 aliphatic carbocycles. The molecule has 0 fully saturated rings. The van der Waals surface area contributed by atoms with E-state index in [1.165, 1.54) is 0 Å². The number of hydrogen-bond donors (Lipinski definition) is 1.